The number of rotatable bonds is 6. The van der Waals surface area contributed by atoms with Gasteiger partial charge in [-0.15, -0.1) is 0 Å². The van der Waals surface area contributed by atoms with Crippen molar-refractivity contribution in [3.8, 4) is 0 Å². The maximum absolute atomic E-state index is 10.3. The number of aliphatic hydroxyl groups is 2. The van der Waals surface area contributed by atoms with Crippen LogP contribution in [-0.2, 0) is 16.0 Å². The summed E-state index contributed by atoms with van der Waals surface area (Å²) in [5, 5.41) is 34.2. The van der Waals surface area contributed by atoms with E-state index in [1.165, 1.54) is 6.26 Å². The third kappa shape index (κ3) is 6.89. The van der Waals surface area contributed by atoms with E-state index in [4.69, 9.17) is 30.6 Å². The molecule has 120 valence electrons. The van der Waals surface area contributed by atoms with Gasteiger partial charge in [0.2, 0.25) is 0 Å². The maximum atomic E-state index is 10.3. The van der Waals surface area contributed by atoms with E-state index in [2.05, 4.69) is 0 Å². The molecule has 1 rings (SSSR count). The van der Waals surface area contributed by atoms with Crippen LogP contribution < -0.4 is 5.73 Å². The van der Waals surface area contributed by atoms with E-state index in [9.17, 15) is 9.59 Å². The standard InChI is InChI=1S/C7H8O4.C6H13NO3/c8-6(7(9)10)4-5-2-1-3-11-5;1-6(2,3-8)4(7)5(9)10/h1-3,6,8H,4H2,(H,9,10);4,8H,3,7H2,1-2H3,(H,9,10). The second-order valence-corrected chi connectivity index (χ2v) is 5.10. The Morgan fingerprint density at radius 1 is 1.33 bits per heavy atom. The van der Waals surface area contributed by atoms with Crippen LogP contribution in [0.25, 0.3) is 0 Å². The van der Waals surface area contributed by atoms with Gasteiger partial charge in [-0.05, 0) is 12.1 Å². The van der Waals surface area contributed by atoms with Crippen molar-refractivity contribution in [2.24, 2.45) is 11.1 Å². The van der Waals surface area contributed by atoms with Gasteiger partial charge in [0.25, 0.3) is 0 Å². The molecule has 6 N–H and O–H groups in total. The van der Waals surface area contributed by atoms with Crippen LogP contribution in [0.15, 0.2) is 22.8 Å². The fourth-order valence-corrected chi connectivity index (χ4v) is 1.14. The number of aliphatic hydroxyl groups excluding tert-OH is 2. The third-order valence-electron chi connectivity index (χ3n) is 2.78. The molecule has 2 atom stereocenters. The molecule has 0 radical (unpaired) electrons. The van der Waals surface area contributed by atoms with Gasteiger partial charge in [-0.2, -0.15) is 0 Å². The van der Waals surface area contributed by atoms with Crippen molar-refractivity contribution >= 4 is 11.9 Å². The van der Waals surface area contributed by atoms with E-state index in [-0.39, 0.29) is 13.0 Å². The zero-order valence-corrected chi connectivity index (χ0v) is 11.9. The second-order valence-electron chi connectivity index (χ2n) is 5.10. The summed E-state index contributed by atoms with van der Waals surface area (Å²) in [5.41, 5.74) is 4.50. The van der Waals surface area contributed by atoms with Gasteiger partial charge in [-0.3, -0.25) is 4.79 Å². The molecule has 1 aromatic rings. The Labute approximate surface area is 121 Å². The van der Waals surface area contributed by atoms with Crippen LogP contribution in [-0.4, -0.2) is 51.1 Å². The highest BCUT2D eigenvalue weighted by atomic mass is 16.4. The van der Waals surface area contributed by atoms with E-state index < -0.39 is 29.5 Å². The minimum Gasteiger partial charge on any atom is -0.480 e. The zero-order chi connectivity index (χ0) is 16.6. The maximum Gasteiger partial charge on any atom is 0.332 e. The van der Waals surface area contributed by atoms with Crippen molar-refractivity contribution in [2.45, 2.75) is 32.4 Å². The van der Waals surface area contributed by atoms with Gasteiger partial charge < -0.3 is 30.6 Å². The lowest BCUT2D eigenvalue weighted by Crippen LogP contribution is -2.45. The van der Waals surface area contributed by atoms with Crippen LogP contribution in [0.4, 0.5) is 0 Å². The second kappa shape index (κ2) is 8.40. The molecule has 1 aromatic heterocycles. The Morgan fingerprint density at radius 2 is 1.90 bits per heavy atom. The number of carboxylic acids is 2. The first-order valence-corrected chi connectivity index (χ1v) is 6.14. The largest absolute Gasteiger partial charge is 0.480 e. The van der Waals surface area contributed by atoms with Gasteiger partial charge >= 0.3 is 11.9 Å². The number of nitrogens with two attached hydrogens (primary N) is 1. The Morgan fingerprint density at radius 3 is 2.19 bits per heavy atom. The SMILES string of the molecule is CC(C)(CO)C(N)C(=O)O.O=C(O)C(O)Cc1ccco1. The minimum atomic E-state index is -1.37. The molecule has 21 heavy (non-hydrogen) atoms. The smallest absolute Gasteiger partial charge is 0.332 e. The molecule has 0 saturated heterocycles. The van der Waals surface area contributed by atoms with E-state index in [0.29, 0.717) is 5.76 Å². The molecule has 0 spiro atoms. The van der Waals surface area contributed by atoms with Crippen LogP contribution in [0.1, 0.15) is 19.6 Å². The predicted molar refractivity (Wildman–Crippen MR) is 72.5 cm³/mol. The van der Waals surface area contributed by atoms with Gasteiger partial charge in [0, 0.05) is 11.8 Å². The number of carbonyl (C=O) groups is 2. The number of aliphatic carboxylic acids is 2. The molecule has 8 heteroatoms. The number of furan rings is 1. The normalized spacial score (nSPS) is 13.8. The third-order valence-corrected chi connectivity index (χ3v) is 2.78. The quantitative estimate of drug-likeness (QED) is 0.479. The predicted octanol–water partition coefficient (Wildman–Crippen LogP) is -0.316. The molecule has 0 saturated carbocycles. The summed E-state index contributed by atoms with van der Waals surface area (Å²) < 4.78 is 4.83. The lowest BCUT2D eigenvalue weighted by molar-refractivity contribution is -0.146. The van der Waals surface area contributed by atoms with Gasteiger partial charge in [0.15, 0.2) is 6.10 Å². The molecule has 2 unspecified atom stereocenters. The van der Waals surface area contributed by atoms with Crippen molar-refractivity contribution in [3.63, 3.8) is 0 Å². The number of carboxylic acid groups (broad SMARTS) is 2. The molecule has 1 heterocycles. The van der Waals surface area contributed by atoms with Gasteiger partial charge in [0.1, 0.15) is 11.8 Å². The van der Waals surface area contributed by atoms with Gasteiger partial charge in [-0.25, -0.2) is 4.79 Å². The Hall–Kier alpha value is -1.90. The number of hydrogen-bond donors (Lipinski definition) is 5. The lowest BCUT2D eigenvalue weighted by atomic mass is 9.86. The van der Waals surface area contributed by atoms with Gasteiger partial charge in [-0.1, -0.05) is 13.8 Å². The molecule has 8 nitrogen and oxygen atoms in total. The highest BCUT2D eigenvalue weighted by Crippen LogP contribution is 2.17. The molecule has 0 aromatic carbocycles. The monoisotopic (exact) mass is 303 g/mol. The van der Waals surface area contributed by atoms with E-state index in [1.54, 1.807) is 26.0 Å². The van der Waals surface area contributed by atoms with Crippen molar-refractivity contribution in [3.05, 3.63) is 24.2 Å². The average molecular weight is 303 g/mol. The van der Waals surface area contributed by atoms with Crippen LogP contribution in [0.5, 0.6) is 0 Å². The first-order valence-electron chi connectivity index (χ1n) is 6.14. The Bertz CT molecular complexity index is 441. The lowest BCUT2D eigenvalue weighted by Gasteiger charge is -2.25. The van der Waals surface area contributed by atoms with Gasteiger partial charge in [0.05, 0.1) is 12.9 Å². The molecule has 0 aliphatic carbocycles. The molecule has 0 aliphatic heterocycles. The summed E-state index contributed by atoms with van der Waals surface area (Å²) in [6.07, 6.45) is 0.0767. The summed E-state index contributed by atoms with van der Waals surface area (Å²) in [6, 6.07) is 2.26. The van der Waals surface area contributed by atoms with Crippen LogP contribution >= 0.6 is 0 Å². The van der Waals surface area contributed by atoms with Crippen molar-refractivity contribution < 1.29 is 34.4 Å². The average Bonchev–Trinajstić information content (AvgIpc) is 2.91. The molecular weight excluding hydrogens is 282 g/mol. The van der Waals surface area contributed by atoms with Crippen LogP contribution in [0.2, 0.25) is 0 Å². The number of hydrogen-bond acceptors (Lipinski definition) is 6. The van der Waals surface area contributed by atoms with Crippen molar-refractivity contribution in [1.82, 2.24) is 0 Å². The molecule has 0 bridgehead atoms. The van der Waals surface area contributed by atoms with Crippen LogP contribution in [0.3, 0.4) is 0 Å². The fourth-order valence-electron chi connectivity index (χ4n) is 1.14. The highest BCUT2D eigenvalue weighted by molar-refractivity contribution is 5.74. The summed E-state index contributed by atoms with van der Waals surface area (Å²) in [4.78, 5) is 20.4. The summed E-state index contributed by atoms with van der Waals surface area (Å²) in [7, 11) is 0. The molecule has 0 fully saturated rings. The highest BCUT2D eigenvalue weighted by Gasteiger charge is 2.30. The molecule has 0 aliphatic rings. The molecular formula is C13H21NO7. The summed E-state index contributed by atoms with van der Waals surface area (Å²) in [6.45, 7) is 2.98. The van der Waals surface area contributed by atoms with E-state index in [1.807, 2.05) is 0 Å². The fraction of sp³-hybridized carbons (Fsp3) is 0.538. The van der Waals surface area contributed by atoms with Crippen molar-refractivity contribution in [2.75, 3.05) is 6.61 Å². The summed E-state index contributed by atoms with van der Waals surface area (Å²) in [5.74, 6) is -1.85. The minimum absolute atomic E-state index is 0.0162. The van der Waals surface area contributed by atoms with E-state index >= 15 is 0 Å². The van der Waals surface area contributed by atoms with Crippen molar-refractivity contribution in [1.29, 1.82) is 0 Å². The first kappa shape index (κ1) is 19.1. The Kier molecular flexibility index (Phi) is 7.64. The summed E-state index contributed by atoms with van der Waals surface area (Å²) >= 11 is 0. The van der Waals surface area contributed by atoms with Crippen LogP contribution in [0, 0.1) is 5.41 Å². The Balaban J connectivity index is 0.000000384. The molecule has 0 amide bonds. The van der Waals surface area contributed by atoms with E-state index in [0.717, 1.165) is 0 Å². The first-order chi connectivity index (χ1) is 9.61. The zero-order valence-electron chi connectivity index (χ0n) is 11.9. The topological polar surface area (TPSA) is 154 Å².